The zero-order chi connectivity index (χ0) is 14.0. The number of carboxylic acid groups (broad SMARTS) is 1. The minimum Gasteiger partial charge on any atom is -0.481 e. The topological polar surface area (TPSA) is 64.2 Å². The number of imidazole rings is 1. The van der Waals surface area contributed by atoms with Crippen molar-refractivity contribution in [2.45, 2.75) is 39.8 Å². The maximum absolute atomic E-state index is 12.2. The van der Waals surface area contributed by atoms with E-state index >= 15 is 0 Å². The molecule has 1 N–H and O–H groups in total. The number of fused-ring (bicyclic) bond motifs is 1. The molecular weight excluding hydrogens is 244 g/mol. The fourth-order valence-electron chi connectivity index (χ4n) is 2.38. The second-order valence-electron chi connectivity index (χ2n) is 4.49. The number of hydrogen-bond donors (Lipinski definition) is 1. The molecule has 5 heteroatoms. The first-order chi connectivity index (χ1) is 9.08. The summed E-state index contributed by atoms with van der Waals surface area (Å²) in [5.74, 6) is -0.806. The molecule has 0 aliphatic carbocycles. The second kappa shape index (κ2) is 5.30. The Balaban J connectivity index is 2.53. The van der Waals surface area contributed by atoms with E-state index in [2.05, 4.69) is 0 Å². The van der Waals surface area contributed by atoms with Crippen LogP contribution in [-0.2, 0) is 24.3 Å². The molecule has 19 heavy (non-hydrogen) atoms. The first-order valence-electron chi connectivity index (χ1n) is 6.52. The number of aliphatic carboxylic acids is 1. The molecule has 1 aromatic carbocycles. The second-order valence-corrected chi connectivity index (χ2v) is 4.49. The zero-order valence-electron chi connectivity index (χ0n) is 11.2. The molecule has 102 valence electrons. The number of aromatic nitrogens is 2. The Morgan fingerprint density at radius 3 is 2.37 bits per heavy atom. The summed E-state index contributed by atoms with van der Waals surface area (Å²) >= 11 is 0. The van der Waals surface area contributed by atoms with Crippen LogP contribution in [0.15, 0.2) is 23.0 Å². The van der Waals surface area contributed by atoms with Crippen molar-refractivity contribution in [3.63, 3.8) is 0 Å². The molecule has 1 heterocycles. The minimum absolute atomic E-state index is 0.00427. The normalized spacial score (nSPS) is 11.1. The Hall–Kier alpha value is -2.04. The van der Waals surface area contributed by atoms with E-state index < -0.39 is 5.97 Å². The van der Waals surface area contributed by atoms with E-state index in [1.165, 1.54) is 0 Å². The third-order valence-electron chi connectivity index (χ3n) is 3.34. The van der Waals surface area contributed by atoms with Gasteiger partial charge in [0.15, 0.2) is 0 Å². The summed E-state index contributed by atoms with van der Waals surface area (Å²) in [7, 11) is 0. The Morgan fingerprint density at radius 2 is 1.79 bits per heavy atom. The number of carboxylic acids is 1. The van der Waals surface area contributed by atoms with Crippen molar-refractivity contribution in [1.29, 1.82) is 0 Å². The molecule has 0 atom stereocenters. The zero-order valence-corrected chi connectivity index (χ0v) is 11.2. The predicted molar refractivity (Wildman–Crippen MR) is 73.5 cm³/mol. The molecule has 0 radical (unpaired) electrons. The molecule has 0 fully saturated rings. The molecule has 2 aromatic rings. The molecule has 0 aliphatic rings. The summed E-state index contributed by atoms with van der Waals surface area (Å²) in [5, 5.41) is 8.72. The Kier molecular flexibility index (Phi) is 3.74. The highest BCUT2D eigenvalue weighted by molar-refractivity contribution is 5.77. The van der Waals surface area contributed by atoms with Crippen LogP contribution in [0.1, 0.15) is 25.8 Å². The van der Waals surface area contributed by atoms with Crippen LogP contribution in [-0.4, -0.2) is 20.2 Å². The van der Waals surface area contributed by atoms with Crippen LogP contribution in [0.5, 0.6) is 0 Å². The SMILES string of the molecule is CCn1c(=O)n(CC)c2cc(CCC(=O)O)ccc21. The average Bonchev–Trinajstić information content (AvgIpc) is 2.66. The molecule has 0 saturated carbocycles. The fourth-order valence-corrected chi connectivity index (χ4v) is 2.38. The van der Waals surface area contributed by atoms with Gasteiger partial charge in [-0.1, -0.05) is 6.07 Å². The van der Waals surface area contributed by atoms with E-state index in [0.29, 0.717) is 19.5 Å². The molecule has 0 aliphatic heterocycles. The molecule has 0 unspecified atom stereocenters. The predicted octanol–water partition coefficient (Wildman–Crippen LogP) is 1.86. The highest BCUT2D eigenvalue weighted by Gasteiger charge is 2.11. The van der Waals surface area contributed by atoms with Crippen molar-refractivity contribution in [3.05, 3.63) is 34.2 Å². The summed E-state index contributed by atoms with van der Waals surface area (Å²) in [6, 6.07) is 5.73. The van der Waals surface area contributed by atoms with Crippen molar-refractivity contribution >= 4 is 17.0 Å². The molecule has 0 spiro atoms. The molecular formula is C14H18N2O3. The van der Waals surface area contributed by atoms with Gasteiger partial charge in [-0.3, -0.25) is 13.9 Å². The van der Waals surface area contributed by atoms with E-state index in [1.807, 2.05) is 32.0 Å². The number of aryl methyl sites for hydroxylation is 3. The summed E-state index contributed by atoms with van der Waals surface area (Å²) in [6.45, 7) is 5.13. The van der Waals surface area contributed by atoms with Crippen molar-refractivity contribution < 1.29 is 9.90 Å². The molecule has 2 rings (SSSR count). The number of rotatable bonds is 5. The van der Waals surface area contributed by atoms with Crippen molar-refractivity contribution in [2.24, 2.45) is 0 Å². The molecule has 1 aromatic heterocycles. The van der Waals surface area contributed by atoms with Crippen LogP contribution in [0, 0.1) is 0 Å². The summed E-state index contributed by atoms with van der Waals surface area (Å²) in [5.41, 5.74) is 2.74. The molecule has 0 saturated heterocycles. The third kappa shape index (κ3) is 2.41. The lowest BCUT2D eigenvalue weighted by Gasteiger charge is -2.02. The maximum Gasteiger partial charge on any atom is 0.329 e. The van der Waals surface area contributed by atoms with E-state index in [-0.39, 0.29) is 12.1 Å². The van der Waals surface area contributed by atoms with Gasteiger partial charge in [0.25, 0.3) is 0 Å². The monoisotopic (exact) mass is 262 g/mol. The molecule has 0 bridgehead atoms. The van der Waals surface area contributed by atoms with Crippen LogP contribution in [0.2, 0.25) is 0 Å². The first kappa shape index (κ1) is 13.4. The van der Waals surface area contributed by atoms with Gasteiger partial charge in [0.05, 0.1) is 11.0 Å². The largest absolute Gasteiger partial charge is 0.481 e. The molecule has 5 nitrogen and oxygen atoms in total. The van der Waals surface area contributed by atoms with E-state index in [9.17, 15) is 9.59 Å². The van der Waals surface area contributed by atoms with Crippen LogP contribution in [0.4, 0.5) is 0 Å². The van der Waals surface area contributed by atoms with Crippen LogP contribution in [0.3, 0.4) is 0 Å². The first-order valence-corrected chi connectivity index (χ1v) is 6.52. The van der Waals surface area contributed by atoms with E-state index in [1.54, 1.807) is 9.13 Å². The summed E-state index contributed by atoms with van der Waals surface area (Å²) in [4.78, 5) is 22.8. The van der Waals surface area contributed by atoms with Crippen LogP contribution >= 0.6 is 0 Å². The quantitative estimate of drug-likeness (QED) is 0.894. The lowest BCUT2D eigenvalue weighted by atomic mass is 10.1. The minimum atomic E-state index is -0.806. The van der Waals surface area contributed by atoms with Gasteiger partial charge in [0, 0.05) is 19.5 Å². The number of carbonyl (C=O) groups is 1. The van der Waals surface area contributed by atoms with Gasteiger partial charge in [-0.2, -0.15) is 0 Å². The van der Waals surface area contributed by atoms with Gasteiger partial charge in [-0.25, -0.2) is 4.79 Å². The lowest BCUT2D eigenvalue weighted by Crippen LogP contribution is -2.23. The Bertz CT molecular complexity index is 667. The average molecular weight is 262 g/mol. The lowest BCUT2D eigenvalue weighted by molar-refractivity contribution is -0.136. The highest BCUT2D eigenvalue weighted by atomic mass is 16.4. The van der Waals surface area contributed by atoms with Crippen molar-refractivity contribution in [3.8, 4) is 0 Å². The standard InChI is InChI=1S/C14H18N2O3/c1-3-15-11-7-5-10(6-8-13(17)18)9-12(11)16(4-2)14(15)19/h5,7,9H,3-4,6,8H2,1-2H3,(H,17,18). The van der Waals surface area contributed by atoms with Crippen molar-refractivity contribution in [2.75, 3.05) is 0 Å². The van der Waals surface area contributed by atoms with E-state index in [0.717, 1.165) is 16.6 Å². The number of hydrogen-bond acceptors (Lipinski definition) is 2. The van der Waals surface area contributed by atoms with Gasteiger partial charge in [0.2, 0.25) is 0 Å². The van der Waals surface area contributed by atoms with Crippen LogP contribution in [0.25, 0.3) is 11.0 Å². The highest BCUT2D eigenvalue weighted by Crippen LogP contribution is 2.16. The summed E-state index contributed by atoms with van der Waals surface area (Å²) in [6.07, 6.45) is 0.594. The van der Waals surface area contributed by atoms with Gasteiger partial charge >= 0.3 is 11.7 Å². The van der Waals surface area contributed by atoms with Gasteiger partial charge < -0.3 is 5.11 Å². The number of nitrogens with zero attached hydrogens (tertiary/aromatic N) is 2. The summed E-state index contributed by atoms with van der Waals surface area (Å²) < 4.78 is 3.46. The van der Waals surface area contributed by atoms with Crippen LogP contribution < -0.4 is 5.69 Å². The van der Waals surface area contributed by atoms with Gasteiger partial charge in [-0.05, 0) is 38.0 Å². The molecule has 0 amide bonds. The maximum atomic E-state index is 12.2. The Labute approximate surface area is 111 Å². The number of benzene rings is 1. The van der Waals surface area contributed by atoms with Crippen molar-refractivity contribution in [1.82, 2.24) is 9.13 Å². The smallest absolute Gasteiger partial charge is 0.329 e. The third-order valence-corrected chi connectivity index (χ3v) is 3.34. The van der Waals surface area contributed by atoms with E-state index in [4.69, 9.17) is 5.11 Å². The van der Waals surface area contributed by atoms with Gasteiger partial charge in [-0.15, -0.1) is 0 Å². The Morgan fingerprint density at radius 1 is 1.16 bits per heavy atom. The van der Waals surface area contributed by atoms with Gasteiger partial charge in [0.1, 0.15) is 0 Å². The fraction of sp³-hybridized carbons (Fsp3) is 0.429.